The Bertz CT molecular complexity index is 458. The Morgan fingerprint density at radius 3 is 2.94 bits per heavy atom. The fourth-order valence-corrected chi connectivity index (χ4v) is 1.84. The molecule has 2 heterocycles. The van der Waals surface area contributed by atoms with Crippen LogP contribution in [0.1, 0.15) is 13.3 Å². The van der Waals surface area contributed by atoms with E-state index in [1.54, 1.807) is 0 Å². The SMILES string of the molecule is COc1ccc([N+](=O)[O-])c(NC2(C)CCOC2)n1. The maximum Gasteiger partial charge on any atom is 0.311 e. The molecule has 0 radical (unpaired) electrons. The van der Waals surface area contributed by atoms with Gasteiger partial charge in [-0.05, 0) is 13.3 Å². The summed E-state index contributed by atoms with van der Waals surface area (Å²) in [6.45, 7) is 3.09. The van der Waals surface area contributed by atoms with Crippen LogP contribution in [-0.2, 0) is 4.74 Å². The highest BCUT2D eigenvalue weighted by Gasteiger charge is 2.32. The van der Waals surface area contributed by atoms with Crippen molar-refractivity contribution in [3.63, 3.8) is 0 Å². The maximum absolute atomic E-state index is 11.0. The highest BCUT2D eigenvalue weighted by molar-refractivity contribution is 5.58. The van der Waals surface area contributed by atoms with Gasteiger partial charge in [0.25, 0.3) is 0 Å². The zero-order chi connectivity index (χ0) is 13.2. The summed E-state index contributed by atoms with van der Waals surface area (Å²) < 4.78 is 10.3. The van der Waals surface area contributed by atoms with Crippen molar-refractivity contribution in [2.45, 2.75) is 18.9 Å². The van der Waals surface area contributed by atoms with Crippen LogP contribution in [0.5, 0.6) is 5.88 Å². The van der Waals surface area contributed by atoms with Crippen molar-refractivity contribution in [2.24, 2.45) is 0 Å². The molecule has 7 heteroatoms. The number of rotatable bonds is 4. The molecule has 0 spiro atoms. The number of anilines is 1. The normalized spacial score (nSPS) is 22.8. The van der Waals surface area contributed by atoms with Crippen molar-refractivity contribution in [2.75, 3.05) is 25.6 Å². The number of nitro groups is 1. The Hall–Kier alpha value is -1.89. The van der Waals surface area contributed by atoms with Crippen molar-refractivity contribution >= 4 is 11.5 Å². The number of hydrogen-bond acceptors (Lipinski definition) is 6. The van der Waals surface area contributed by atoms with Gasteiger partial charge in [0, 0.05) is 18.7 Å². The first-order chi connectivity index (χ1) is 8.54. The van der Waals surface area contributed by atoms with Gasteiger partial charge in [-0.25, -0.2) is 0 Å². The molecule has 1 N–H and O–H groups in total. The lowest BCUT2D eigenvalue weighted by molar-refractivity contribution is -0.384. The molecular weight excluding hydrogens is 238 g/mol. The summed E-state index contributed by atoms with van der Waals surface area (Å²) in [6, 6.07) is 2.85. The number of nitrogens with zero attached hydrogens (tertiary/aromatic N) is 2. The van der Waals surface area contributed by atoms with Crippen molar-refractivity contribution in [3.8, 4) is 5.88 Å². The second kappa shape index (κ2) is 4.77. The minimum atomic E-state index is -0.464. The predicted molar refractivity (Wildman–Crippen MR) is 64.9 cm³/mol. The Labute approximate surface area is 104 Å². The number of methoxy groups -OCH3 is 1. The summed E-state index contributed by atoms with van der Waals surface area (Å²) in [7, 11) is 1.47. The van der Waals surface area contributed by atoms with Crippen LogP contribution in [0.15, 0.2) is 12.1 Å². The monoisotopic (exact) mass is 253 g/mol. The molecule has 1 aliphatic rings. The fraction of sp³-hybridized carbons (Fsp3) is 0.545. The average molecular weight is 253 g/mol. The van der Waals surface area contributed by atoms with Gasteiger partial charge in [-0.1, -0.05) is 0 Å². The van der Waals surface area contributed by atoms with Crippen LogP contribution in [0.25, 0.3) is 0 Å². The Morgan fingerprint density at radius 1 is 1.61 bits per heavy atom. The molecule has 98 valence electrons. The van der Waals surface area contributed by atoms with Gasteiger partial charge in [-0.3, -0.25) is 10.1 Å². The van der Waals surface area contributed by atoms with Gasteiger partial charge < -0.3 is 14.8 Å². The number of pyridine rings is 1. The summed E-state index contributed by atoms with van der Waals surface area (Å²) in [5.74, 6) is 0.554. The zero-order valence-corrected chi connectivity index (χ0v) is 10.3. The molecule has 1 aromatic heterocycles. The molecule has 0 saturated carbocycles. The number of ether oxygens (including phenoxy) is 2. The second-order valence-corrected chi connectivity index (χ2v) is 4.47. The van der Waals surface area contributed by atoms with Crippen molar-refractivity contribution in [1.29, 1.82) is 0 Å². The Morgan fingerprint density at radius 2 is 2.39 bits per heavy atom. The van der Waals surface area contributed by atoms with E-state index in [0.717, 1.165) is 6.42 Å². The van der Waals surface area contributed by atoms with E-state index >= 15 is 0 Å². The van der Waals surface area contributed by atoms with Crippen LogP contribution in [-0.4, -0.2) is 35.8 Å². The van der Waals surface area contributed by atoms with E-state index in [9.17, 15) is 10.1 Å². The van der Waals surface area contributed by atoms with Crippen molar-refractivity contribution < 1.29 is 14.4 Å². The molecule has 0 aromatic carbocycles. The quantitative estimate of drug-likeness (QED) is 0.647. The first-order valence-corrected chi connectivity index (χ1v) is 5.59. The third kappa shape index (κ3) is 2.51. The van der Waals surface area contributed by atoms with E-state index in [1.165, 1.54) is 19.2 Å². The minimum Gasteiger partial charge on any atom is -0.481 e. The zero-order valence-electron chi connectivity index (χ0n) is 10.3. The van der Waals surface area contributed by atoms with Crippen LogP contribution < -0.4 is 10.1 Å². The fourth-order valence-electron chi connectivity index (χ4n) is 1.84. The molecule has 2 rings (SSSR count). The maximum atomic E-state index is 11.0. The summed E-state index contributed by atoms with van der Waals surface area (Å²) >= 11 is 0. The molecule has 0 aliphatic carbocycles. The van der Waals surface area contributed by atoms with Gasteiger partial charge >= 0.3 is 5.69 Å². The second-order valence-electron chi connectivity index (χ2n) is 4.47. The van der Waals surface area contributed by atoms with Gasteiger partial charge in [0.05, 0.1) is 24.2 Å². The minimum absolute atomic E-state index is 0.0658. The van der Waals surface area contributed by atoms with E-state index in [4.69, 9.17) is 9.47 Å². The molecule has 1 saturated heterocycles. The molecule has 18 heavy (non-hydrogen) atoms. The molecule has 1 fully saturated rings. The van der Waals surface area contributed by atoms with Gasteiger partial charge in [-0.15, -0.1) is 0 Å². The summed E-state index contributed by atoms with van der Waals surface area (Å²) in [5.41, 5.74) is -0.395. The number of nitrogens with one attached hydrogen (secondary N) is 1. The molecule has 1 unspecified atom stereocenters. The first kappa shape index (κ1) is 12.6. The summed E-state index contributed by atoms with van der Waals surface area (Å²) in [4.78, 5) is 14.6. The third-order valence-electron chi connectivity index (χ3n) is 2.89. The van der Waals surface area contributed by atoms with Gasteiger partial charge in [-0.2, -0.15) is 4.98 Å². The van der Waals surface area contributed by atoms with E-state index in [2.05, 4.69) is 10.3 Å². The molecule has 7 nitrogen and oxygen atoms in total. The van der Waals surface area contributed by atoms with Gasteiger partial charge in [0.1, 0.15) is 0 Å². The predicted octanol–water partition coefficient (Wildman–Crippen LogP) is 1.59. The van der Waals surface area contributed by atoms with Crippen LogP contribution in [0.3, 0.4) is 0 Å². The van der Waals surface area contributed by atoms with E-state index in [0.29, 0.717) is 19.1 Å². The lowest BCUT2D eigenvalue weighted by Crippen LogP contribution is -2.35. The van der Waals surface area contributed by atoms with Crippen LogP contribution in [0.2, 0.25) is 0 Å². The van der Waals surface area contributed by atoms with Crippen LogP contribution in [0, 0.1) is 10.1 Å². The van der Waals surface area contributed by atoms with Gasteiger partial charge in [0.2, 0.25) is 11.7 Å². The third-order valence-corrected chi connectivity index (χ3v) is 2.89. The largest absolute Gasteiger partial charge is 0.481 e. The number of aromatic nitrogens is 1. The van der Waals surface area contributed by atoms with Crippen molar-refractivity contribution in [3.05, 3.63) is 22.2 Å². The Kier molecular flexibility index (Phi) is 3.33. The molecular formula is C11H15N3O4. The van der Waals surface area contributed by atoms with Crippen molar-refractivity contribution in [1.82, 2.24) is 4.98 Å². The highest BCUT2D eigenvalue weighted by atomic mass is 16.6. The Balaban J connectivity index is 2.31. The van der Waals surface area contributed by atoms with Crippen LogP contribution in [0.4, 0.5) is 11.5 Å². The highest BCUT2D eigenvalue weighted by Crippen LogP contribution is 2.30. The van der Waals surface area contributed by atoms with E-state index in [-0.39, 0.29) is 17.0 Å². The summed E-state index contributed by atoms with van der Waals surface area (Å²) in [5, 5.41) is 14.0. The van der Waals surface area contributed by atoms with E-state index < -0.39 is 4.92 Å². The lowest BCUT2D eigenvalue weighted by Gasteiger charge is -2.24. The molecule has 0 bridgehead atoms. The molecule has 1 aromatic rings. The smallest absolute Gasteiger partial charge is 0.311 e. The van der Waals surface area contributed by atoms with Gasteiger partial charge in [0.15, 0.2) is 0 Å². The average Bonchev–Trinajstić information content (AvgIpc) is 2.75. The molecule has 1 aliphatic heterocycles. The first-order valence-electron chi connectivity index (χ1n) is 5.59. The molecule has 1 atom stereocenters. The van der Waals surface area contributed by atoms with Crippen LogP contribution >= 0.6 is 0 Å². The lowest BCUT2D eigenvalue weighted by atomic mass is 10.0. The topological polar surface area (TPSA) is 86.5 Å². The molecule has 0 amide bonds. The standard InChI is InChI=1S/C11H15N3O4/c1-11(5-6-18-7-11)13-10-8(14(15)16)3-4-9(12-10)17-2/h3-4H,5-7H2,1-2H3,(H,12,13). The summed E-state index contributed by atoms with van der Waals surface area (Å²) in [6.07, 6.45) is 0.781. The van der Waals surface area contributed by atoms with E-state index in [1.807, 2.05) is 6.92 Å². The number of hydrogen-bond donors (Lipinski definition) is 1.